The molecular formula is C7H10O3. The summed E-state index contributed by atoms with van der Waals surface area (Å²) in [6.07, 6.45) is 0.458. The summed E-state index contributed by atoms with van der Waals surface area (Å²) in [5.41, 5.74) is 0. The van der Waals surface area contributed by atoms with Crippen LogP contribution in [0, 0.1) is 0 Å². The second-order valence-electron chi connectivity index (χ2n) is 2.34. The fourth-order valence-corrected chi connectivity index (χ4v) is 0.608. The van der Waals surface area contributed by atoms with Gasteiger partial charge in [0, 0.05) is 0 Å². The van der Waals surface area contributed by atoms with E-state index in [2.05, 4.69) is 11.3 Å². The predicted octanol–water partition coefficient (Wildman–Crippen LogP) is 0.852. The molecule has 1 unspecified atom stereocenters. The molecular weight excluding hydrogens is 132 g/mol. The van der Waals surface area contributed by atoms with Crippen molar-refractivity contribution in [3.05, 3.63) is 12.3 Å². The molecule has 0 aromatic carbocycles. The lowest BCUT2D eigenvalue weighted by Gasteiger charge is -1.99. The van der Waals surface area contributed by atoms with Crippen molar-refractivity contribution in [2.75, 3.05) is 6.61 Å². The van der Waals surface area contributed by atoms with E-state index in [1.807, 2.05) is 0 Å². The van der Waals surface area contributed by atoms with Gasteiger partial charge in [0.15, 0.2) is 0 Å². The SMILES string of the molecule is C=C(C)OC(=O)CC1CO1. The molecule has 0 radical (unpaired) electrons. The lowest BCUT2D eigenvalue weighted by molar-refractivity contribution is -0.139. The third-order valence-electron chi connectivity index (χ3n) is 1.08. The molecule has 0 aromatic rings. The largest absolute Gasteiger partial charge is 0.432 e. The Hall–Kier alpha value is -0.830. The average Bonchev–Trinajstić information content (AvgIpc) is 2.46. The van der Waals surface area contributed by atoms with Crippen LogP contribution >= 0.6 is 0 Å². The molecule has 1 aliphatic heterocycles. The van der Waals surface area contributed by atoms with E-state index in [1.165, 1.54) is 0 Å². The zero-order chi connectivity index (χ0) is 7.56. The monoisotopic (exact) mass is 142 g/mol. The Bertz CT molecular complexity index is 158. The summed E-state index contributed by atoms with van der Waals surface area (Å²) < 4.78 is 9.52. The zero-order valence-corrected chi connectivity index (χ0v) is 5.92. The third-order valence-corrected chi connectivity index (χ3v) is 1.08. The standard InChI is InChI=1S/C7H10O3/c1-5(2)10-7(8)3-6-4-9-6/h6H,1,3-4H2,2H3. The minimum absolute atomic E-state index is 0.104. The number of ether oxygens (including phenoxy) is 2. The van der Waals surface area contributed by atoms with Crippen LogP contribution in [0.1, 0.15) is 13.3 Å². The van der Waals surface area contributed by atoms with E-state index in [1.54, 1.807) is 6.92 Å². The maximum Gasteiger partial charge on any atom is 0.313 e. The topological polar surface area (TPSA) is 38.8 Å². The molecule has 0 amide bonds. The van der Waals surface area contributed by atoms with Crippen molar-refractivity contribution in [2.45, 2.75) is 19.4 Å². The van der Waals surface area contributed by atoms with Gasteiger partial charge in [-0.15, -0.1) is 0 Å². The van der Waals surface area contributed by atoms with Crippen LogP contribution in [0.3, 0.4) is 0 Å². The first-order chi connectivity index (χ1) is 4.68. The van der Waals surface area contributed by atoms with Crippen LogP contribution in [0.4, 0.5) is 0 Å². The zero-order valence-electron chi connectivity index (χ0n) is 5.92. The molecule has 1 saturated heterocycles. The molecule has 1 atom stereocenters. The molecule has 3 nitrogen and oxygen atoms in total. The van der Waals surface area contributed by atoms with Gasteiger partial charge in [-0.25, -0.2) is 0 Å². The maximum atomic E-state index is 10.7. The van der Waals surface area contributed by atoms with E-state index < -0.39 is 0 Å². The first kappa shape index (κ1) is 7.28. The van der Waals surface area contributed by atoms with Crippen molar-refractivity contribution in [3.63, 3.8) is 0 Å². The molecule has 1 rings (SSSR count). The number of allylic oxidation sites excluding steroid dienone is 1. The molecule has 0 spiro atoms. The van der Waals surface area contributed by atoms with Gasteiger partial charge in [0.2, 0.25) is 0 Å². The van der Waals surface area contributed by atoms with Gasteiger partial charge in [-0.1, -0.05) is 6.58 Å². The Kier molecular flexibility index (Phi) is 2.06. The van der Waals surface area contributed by atoms with Crippen LogP contribution in [0.2, 0.25) is 0 Å². The van der Waals surface area contributed by atoms with Crippen molar-refractivity contribution in [2.24, 2.45) is 0 Å². The molecule has 0 bridgehead atoms. The smallest absolute Gasteiger partial charge is 0.313 e. The summed E-state index contributed by atoms with van der Waals surface area (Å²) in [7, 11) is 0. The van der Waals surface area contributed by atoms with Crippen molar-refractivity contribution >= 4 is 5.97 Å². The van der Waals surface area contributed by atoms with Crippen LogP contribution < -0.4 is 0 Å². The van der Waals surface area contributed by atoms with Crippen LogP contribution in [0.5, 0.6) is 0 Å². The van der Waals surface area contributed by atoms with Crippen LogP contribution in [-0.2, 0) is 14.3 Å². The first-order valence-electron chi connectivity index (χ1n) is 3.16. The van der Waals surface area contributed by atoms with Gasteiger partial charge in [0.05, 0.1) is 24.9 Å². The summed E-state index contributed by atoms with van der Waals surface area (Å²) in [6, 6.07) is 0. The molecule has 56 valence electrons. The van der Waals surface area contributed by atoms with E-state index in [0.29, 0.717) is 18.8 Å². The quantitative estimate of drug-likeness (QED) is 0.333. The fraction of sp³-hybridized carbons (Fsp3) is 0.571. The number of epoxide rings is 1. The van der Waals surface area contributed by atoms with Gasteiger partial charge in [0.1, 0.15) is 0 Å². The van der Waals surface area contributed by atoms with E-state index in [0.717, 1.165) is 0 Å². The predicted molar refractivity (Wildman–Crippen MR) is 35.3 cm³/mol. The summed E-state index contributed by atoms with van der Waals surface area (Å²) in [6.45, 7) is 5.77. The summed E-state index contributed by atoms with van der Waals surface area (Å²) >= 11 is 0. The lowest BCUT2D eigenvalue weighted by Crippen LogP contribution is -2.05. The number of carbonyl (C=O) groups excluding carboxylic acids is 1. The number of carbonyl (C=O) groups is 1. The van der Waals surface area contributed by atoms with Crippen molar-refractivity contribution in [1.29, 1.82) is 0 Å². The summed E-state index contributed by atoms with van der Waals surface area (Å²) in [5, 5.41) is 0. The Balaban J connectivity index is 2.14. The highest BCUT2D eigenvalue weighted by atomic mass is 16.6. The number of esters is 1. The fourth-order valence-electron chi connectivity index (χ4n) is 0.608. The Labute approximate surface area is 59.6 Å². The summed E-state index contributed by atoms with van der Waals surface area (Å²) in [5.74, 6) is 0.181. The van der Waals surface area contributed by atoms with Gasteiger partial charge in [0.25, 0.3) is 0 Å². The highest BCUT2D eigenvalue weighted by molar-refractivity contribution is 5.71. The van der Waals surface area contributed by atoms with E-state index in [9.17, 15) is 4.79 Å². The molecule has 1 fully saturated rings. The van der Waals surface area contributed by atoms with Gasteiger partial charge < -0.3 is 9.47 Å². The highest BCUT2D eigenvalue weighted by Crippen LogP contribution is 2.14. The van der Waals surface area contributed by atoms with Gasteiger partial charge >= 0.3 is 5.97 Å². The minimum atomic E-state index is -0.255. The molecule has 0 saturated carbocycles. The highest BCUT2D eigenvalue weighted by Gasteiger charge is 2.26. The van der Waals surface area contributed by atoms with Crippen molar-refractivity contribution in [3.8, 4) is 0 Å². The first-order valence-corrected chi connectivity index (χ1v) is 3.16. The molecule has 1 aliphatic rings. The van der Waals surface area contributed by atoms with Crippen LogP contribution in [-0.4, -0.2) is 18.7 Å². The Morgan fingerprint density at radius 1 is 1.90 bits per heavy atom. The van der Waals surface area contributed by atoms with Gasteiger partial charge in [-0.3, -0.25) is 4.79 Å². The van der Waals surface area contributed by atoms with E-state index >= 15 is 0 Å². The molecule has 1 heterocycles. The van der Waals surface area contributed by atoms with Gasteiger partial charge in [-0.05, 0) is 6.92 Å². The second kappa shape index (κ2) is 2.84. The second-order valence-corrected chi connectivity index (χ2v) is 2.34. The molecule has 3 heteroatoms. The maximum absolute atomic E-state index is 10.7. The van der Waals surface area contributed by atoms with Crippen LogP contribution in [0.25, 0.3) is 0 Å². The average molecular weight is 142 g/mol. The van der Waals surface area contributed by atoms with Crippen LogP contribution in [0.15, 0.2) is 12.3 Å². The lowest BCUT2D eigenvalue weighted by atomic mass is 10.3. The number of hydrogen-bond acceptors (Lipinski definition) is 3. The minimum Gasteiger partial charge on any atom is -0.432 e. The van der Waals surface area contributed by atoms with Crippen molar-refractivity contribution < 1.29 is 14.3 Å². The number of hydrogen-bond donors (Lipinski definition) is 0. The third kappa shape index (κ3) is 2.64. The summed E-state index contributed by atoms with van der Waals surface area (Å²) in [4.78, 5) is 10.7. The normalized spacial score (nSPS) is 21.9. The van der Waals surface area contributed by atoms with Gasteiger partial charge in [-0.2, -0.15) is 0 Å². The molecule has 0 aliphatic carbocycles. The molecule has 10 heavy (non-hydrogen) atoms. The Morgan fingerprint density at radius 3 is 2.90 bits per heavy atom. The Morgan fingerprint density at radius 2 is 2.50 bits per heavy atom. The van der Waals surface area contributed by atoms with E-state index in [-0.39, 0.29) is 12.1 Å². The van der Waals surface area contributed by atoms with Crippen molar-refractivity contribution in [1.82, 2.24) is 0 Å². The molecule has 0 N–H and O–H groups in total. The number of rotatable bonds is 3. The molecule has 0 aromatic heterocycles. The van der Waals surface area contributed by atoms with E-state index in [4.69, 9.17) is 4.74 Å².